The highest BCUT2D eigenvalue weighted by molar-refractivity contribution is 7.76. The Morgan fingerprint density at radius 2 is 1.33 bits per heavy atom. The van der Waals surface area contributed by atoms with Crippen LogP contribution in [0.1, 0.15) is 46.0 Å². The van der Waals surface area contributed by atoms with Gasteiger partial charge in [0.05, 0.1) is 0 Å². The summed E-state index contributed by atoms with van der Waals surface area (Å²) in [6.45, 7) is 8.57. The molecule has 24 heavy (non-hydrogen) atoms. The summed E-state index contributed by atoms with van der Waals surface area (Å²) in [5.41, 5.74) is 1.60. The first-order valence-electron chi connectivity index (χ1n) is 9.03. The highest BCUT2D eigenvalue weighted by atomic mass is 31.1. The molecule has 0 saturated carbocycles. The van der Waals surface area contributed by atoms with Gasteiger partial charge in [0.2, 0.25) is 0 Å². The molecule has 0 aliphatic rings. The Hall–Kier alpha value is -1.65. The fourth-order valence-corrected chi connectivity index (χ4v) is 5.97. The van der Waals surface area contributed by atoms with Crippen LogP contribution >= 0.6 is 7.92 Å². The summed E-state index contributed by atoms with van der Waals surface area (Å²) in [6, 6.07) is 22.1. The lowest BCUT2D eigenvalue weighted by Gasteiger charge is -2.25. The van der Waals surface area contributed by atoms with E-state index in [9.17, 15) is 0 Å². The van der Waals surface area contributed by atoms with Gasteiger partial charge in [-0.1, -0.05) is 99.0 Å². The van der Waals surface area contributed by atoms with Crippen molar-refractivity contribution >= 4 is 18.5 Å². The van der Waals surface area contributed by atoms with E-state index in [0.717, 1.165) is 6.42 Å². The first kappa shape index (κ1) is 18.7. The fraction of sp³-hybridized carbons (Fsp3) is 0.304. The third-order valence-electron chi connectivity index (χ3n) is 4.14. The Labute approximate surface area is 149 Å². The van der Waals surface area contributed by atoms with Crippen molar-refractivity contribution < 1.29 is 0 Å². The molecule has 0 unspecified atom stereocenters. The van der Waals surface area contributed by atoms with Gasteiger partial charge >= 0.3 is 0 Å². The fourth-order valence-electron chi connectivity index (χ4n) is 3.14. The lowest BCUT2D eigenvalue weighted by molar-refractivity contribution is 0.845. The van der Waals surface area contributed by atoms with E-state index >= 15 is 0 Å². The number of hydrogen-bond donors (Lipinski definition) is 0. The van der Waals surface area contributed by atoms with Gasteiger partial charge in [-0.3, -0.25) is 0 Å². The van der Waals surface area contributed by atoms with Crippen LogP contribution in [0, 0.1) is 0 Å². The van der Waals surface area contributed by atoms with E-state index in [-0.39, 0.29) is 0 Å². The monoisotopic (exact) mass is 336 g/mol. The van der Waals surface area contributed by atoms with E-state index in [4.69, 9.17) is 0 Å². The van der Waals surface area contributed by atoms with Gasteiger partial charge in [0.15, 0.2) is 0 Å². The van der Waals surface area contributed by atoms with E-state index in [1.54, 1.807) is 10.9 Å². The first-order chi connectivity index (χ1) is 11.8. The molecule has 2 aromatic carbocycles. The Balaban J connectivity index is 2.61. The Kier molecular flexibility index (Phi) is 7.99. The van der Waals surface area contributed by atoms with Crippen LogP contribution in [-0.4, -0.2) is 0 Å². The Bertz CT molecular complexity index is 601. The van der Waals surface area contributed by atoms with E-state index < -0.39 is 7.92 Å². The predicted octanol–water partition coefficient (Wildman–Crippen LogP) is 6.55. The van der Waals surface area contributed by atoms with Crippen LogP contribution in [0.5, 0.6) is 0 Å². The van der Waals surface area contributed by atoms with Gasteiger partial charge in [-0.25, -0.2) is 0 Å². The van der Waals surface area contributed by atoms with Crippen LogP contribution in [0.15, 0.2) is 84.2 Å². The maximum atomic E-state index is 4.00. The number of allylic oxidation sites excluding steroid dienone is 3. The van der Waals surface area contributed by atoms with Gasteiger partial charge in [0.25, 0.3) is 0 Å². The van der Waals surface area contributed by atoms with E-state index in [1.165, 1.54) is 36.3 Å². The highest BCUT2D eigenvalue weighted by Crippen LogP contribution is 2.48. The third-order valence-corrected chi connectivity index (χ3v) is 6.84. The van der Waals surface area contributed by atoms with Crippen molar-refractivity contribution in [2.24, 2.45) is 0 Å². The Morgan fingerprint density at radius 3 is 1.75 bits per heavy atom. The summed E-state index contributed by atoms with van der Waals surface area (Å²) in [6.07, 6.45) is 7.84. The van der Waals surface area contributed by atoms with Crippen molar-refractivity contribution in [1.82, 2.24) is 0 Å². The zero-order valence-electron chi connectivity index (χ0n) is 15.0. The molecule has 0 atom stereocenters. The standard InChI is InChI=1S/C23H29P/c1-4-13-20(14-5-2)23(15-6-3)24(21-16-9-7-10-17-21)22-18-11-8-12-19-22/h4,7-12,16-19H,1,5-6,13-15H2,2-3H3/b23-20-. The van der Waals surface area contributed by atoms with Gasteiger partial charge in [-0.05, 0) is 43.1 Å². The first-order valence-corrected chi connectivity index (χ1v) is 10.4. The summed E-state index contributed by atoms with van der Waals surface area (Å²) in [5, 5.41) is 4.58. The average Bonchev–Trinajstić information content (AvgIpc) is 2.63. The molecule has 0 aromatic heterocycles. The summed E-state index contributed by atoms with van der Waals surface area (Å²) >= 11 is 0. The maximum Gasteiger partial charge on any atom is -0.0135 e. The normalized spacial score (nSPS) is 12.1. The minimum atomic E-state index is -0.451. The molecule has 1 heteroatoms. The van der Waals surface area contributed by atoms with Crippen molar-refractivity contribution in [3.63, 3.8) is 0 Å². The molecule has 0 radical (unpaired) electrons. The van der Waals surface area contributed by atoms with Crippen LogP contribution < -0.4 is 10.6 Å². The molecular weight excluding hydrogens is 307 g/mol. The summed E-state index contributed by atoms with van der Waals surface area (Å²) in [5.74, 6) is 0. The molecular formula is C23H29P. The second kappa shape index (κ2) is 10.3. The van der Waals surface area contributed by atoms with Crippen molar-refractivity contribution in [2.45, 2.75) is 46.0 Å². The van der Waals surface area contributed by atoms with Gasteiger partial charge in [0.1, 0.15) is 0 Å². The molecule has 0 bridgehead atoms. The van der Waals surface area contributed by atoms with Crippen molar-refractivity contribution in [3.05, 3.63) is 84.2 Å². The molecule has 0 aliphatic heterocycles. The molecule has 2 rings (SSSR count). The zero-order chi connectivity index (χ0) is 17.2. The maximum absolute atomic E-state index is 4.00. The second-order valence-corrected chi connectivity index (χ2v) is 8.29. The second-order valence-electron chi connectivity index (χ2n) is 6.05. The highest BCUT2D eigenvalue weighted by Gasteiger charge is 2.20. The van der Waals surface area contributed by atoms with Crippen LogP contribution in [0.25, 0.3) is 0 Å². The van der Waals surface area contributed by atoms with Crippen LogP contribution in [0.4, 0.5) is 0 Å². The summed E-state index contributed by atoms with van der Waals surface area (Å²) in [7, 11) is -0.451. The molecule has 0 aliphatic carbocycles. The smallest absolute Gasteiger partial charge is 0.0135 e. The minimum Gasteiger partial charge on any atom is -0.103 e. The van der Waals surface area contributed by atoms with Crippen molar-refractivity contribution in [3.8, 4) is 0 Å². The third kappa shape index (κ3) is 4.92. The van der Waals surface area contributed by atoms with Crippen molar-refractivity contribution in [2.75, 3.05) is 0 Å². The SMILES string of the molecule is C=CC/C(CCC)=C(\CCC)P(c1ccccc1)c1ccccc1. The molecule has 0 amide bonds. The van der Waals surface area contributed by atoms with Crippen LogP contribution in [0.3, 0.4) is 0 Å². The molecule has 2 aromatic rings. The number of rotatable bonds is 9. The molecule has 0 N–H and O–H groups in total. The van der Waals surface area contributed by atoms with Crippen LogP contribution in [0.2, 0.25) is 0 Å². The number of hydrogen-bond acceptors (Lipinski definition) is 0. The largest absolute Gasteiger partial charge is 0.103 e. The van der Waals surface area contributed by atoms with Gasteiger partial charge in [-0.15, -0.1) is 6.58 Å². The van der Waals surface area contributed by atoms with E-state index in [2.05, 4.69) is 87.2 Å². The summed E-state index contributed by atoms with van der Waals surface area (Å²) < 4.78 is 0. The molecule has 0 heterocycles. The van der Waals surface area contributed by atoms with Crippen molar-refractivity contribution in [1.29, 1.82) is 0 Å². The Morgan fingerprint density at radius 1 is 0.833 bits per heavy atom. The lowest BCUT2D eigenvalue weighted by Crippen LogP contribution is -2.14. The molecule has 0 fully saturated rings. The zero-order valence-corrected chi connectivity index (χ0v) is 15.9. The minimum absolute atomic E-state index is 0.451. The summed E-state index contributed by atoms with van der Waals surface area (Å²) in [4.78, 5) is 0. The molecule has 0 nitrogen and oxygen atoms in total. The molecule has 0 saturated heterocycles. The predicted molar refractivity (Wildman–Crippen MR) is 111 cm³/mol. The van der Waals surface area contributed by atoms with Gasteiger partial charge < -0.3 is 0 Å². The topological polar surface area (TPSA) is 0 Å². The average molecular weight is 336 g/mol. The quantitative estimate of drug-likeness (QED) is 0.360. The molecule has 126 valence electrons. The van der Waals surface area contributed by atoms with Crippen LogP contribution in [-0.2, 0) is 0 Å². The van der Waals surface area contributed by atoms with E-state index in [0.29, 0.717) is 0 Å². The lowest BCUT2D eigenvalue weighted by atomic mass is 10.1. The number of benzene rings is 2. The van der Waals surface area contributed by atoms with E-state index in [1.807, 2.05) is 0 Å². The molecule has 0 spiro atoms. The van der Waals surface area contributed by atoms with Gasteiger partial charge in [-0.2, -0.15) is 0 Å². The van der Waals surface area contributed by atoms with Gasteiger partial charge in [0, 0.05) is 0 Å².